The number of alkyl halides is 1. The number of rotatable bonds is 7. The summed E-state index contributed by atoms with van der Waals surface area (Å²) < 4.78 is 11.6. The summed E-state index contributed by atoms with van der Waals surface area (Å²) in [6, 6.07) is 14.9. The first-order valence-electron chi connectivity index (χ1n) is 8.43. The monoisotopic (exact) mass is 342 g/mol. The third kappa shape index (κ3) is 3.59. The zero-order valence-electron chi connectivity index (χ0n) is 14.3. The lowest BCUT2D eigenvalue weighted by molar-refractivity contribution is 0.313. The minimum absolute atomic E-state index is 0.705. The fraction of sp³-hybridized carbons (Fsp3) is 0.333. The highest BCUT2D eigenvalue weighted by Gasteiger charge is 2.10. The predicted octanol–water partition coefficient (Wildman–Crippen LogP) is 6.10. The van der Waals surface area contributed by atoms with Crippen LogP contribution < -0.4 is 9.47 Å². The van der Waals surface area contributed by atoms with Crippen LogP contribution in [0.4, 0.5) is 0 Å². The van der Waals surface area contributed by atoms with E-state index in [2.05, 4.69) is 43.3 Å². The van der Waals surface area contributed by atoms with E-state index in [0.29, 0.717) is 12.5 Å². The number of benzene rings is 3. The molecule has 0 heterocycles. The van der Waals surface area contributed by atoms with E-state index in [1.807, 2.05) is 6.07 Å². The minimum atomic E-state index is 0.705. The number of methoxy groups -OCH3 is 1. The van der Waals surface area contributed by atoms with Crippen molar-refractivity contribution in [2.75, 3.05) is 19.6 Å². The van der Waals surface area contributed by atoms with Crippen molar-refractivity contribution in [2.45, 2.75) is 26.2 Å². The Labute approximate surface area is 148 Å². The number of aryl methyl sites for hydroxylation is 1. The Balaban J connectivity index is 2.05. The average molecular weight is 343 g/mol. The number of ether oxygens (including phenoxy) is 2. The van der Waals surface area contributed by atoms with Gasteiger partial charge in [-0.05, 0) is 61.2 Å². The van der Waals surface area contributed by atoms with Crippen molar-refractivity contribution in [1.29, 1.82) is 0 Å². The smallest absolute Gasteiger partial charge is 0.135 e. The molecule has 0 aliphatic carbocycles. The van der Waals surface area contributed by atoms with Crippen LogP contribution in [0, 0.1) is 6.92 Å². The van der Waals surface area contributed by atoms with Gasteiger partial charge in [0.15, 0.2) is 0 Å². The van der Waals surface area contributed by atoms with Gasteiger partial charge in [0.05, 0.1) is 13.7 Å². The fourth-order valence-corrected chi connectivity index (χ4v) is 3.18. The van der Waals surface area contributed by atoms with E-state index < -0.39 is 0 Å². The van der Waals surface area contributed by atoms with Crippen molar-refractivity contribution in [1.82, 2.24) is 0 Å². The molecular formula is C21H23ClO2. The number of hydrogen-bond donors (Lipinski definition) is 0. The molecule has 3 rings (SSSR count). The van der Waals surface area contributed by atoms with Crippen molar-refractivity contribution in [3.05, 3.63) is 48.0 Å². The molecule has 0 N–H and O–H groups in total. The molecule has 0 bridgehead atoms. The first-order chi connectivity index (χ1) is 11.7. The van der Waals surface area contributed by atoms with Gasteiger partial charge in [-0.3, -0.25) is 0 Å². The molecule has 2 nitrogen and oxygen atoms in total. The third-order valence-electron chi connectivity index (χ3n) is 4.29. The fourth-order valence-electron chi connectivity index (χ4n) is 2.99. The molecular weight excluding hydrogens is 320 g/mol. The van der Waals surface area contributed by atoms with E-state index in [4.69, 9.17) is 21.1 Å². The van der Waals surface area contributed by atoms with Crippen molar-refractivity contribution in [3.63, 3.8) is 0 Å². The Morgan fingerprint density at radius 1 is 0.875 bits per heavy atom. The van der Waals surface area contributed by atoms with Crippen LogP contribution >= 0.6 is 11.6 Å². The second kappa shape index (κ2) is 7.76. The predicted molar refractivity (Wildman–Crippen MR) is 103 cm³/mol. The molecule has 24 heavy (non-hydrogen) atoms. The Kier molecular flexibility index (Phi) is 5.47. The lowest BCUT2D eigenvalue weighted by Crippen LogP contribution is -1.99. The zero-order chi connectivity index (χ0) is 16.9. The Hall–Kier alpha value is -1.93. The summed E-state index contributed by atoms with van der Waals surface area (Å²) in [5.41, 5.74) is 1.23. The second-order valence-corrected chi connectivity index (χ2v) is 6.49. The molecule has 0 amide bonds. The average Bonchev–Trinajstić information content (AvgIpc) is 2.60. The van der Waals surface area contributed by atoms with E-state index in [-0.39, 0.29) is 0 Å². The Morgan fingerprint density at radius 3 is 2.38 bits per heavy atom. The summed E-state index contributed by atoms with van der Waals surface area (Å²) >= 11 is 5.75. The number of unbranched alkanes of at least 4 members (excludes halogenated alkanes) is 2. The van der Waals surface area contributed by atoms with Crippen LogP contribution in [0.3, 0.4) is 0 Å². The lowest BCUT2D eigenvalue weighted by Gasteiger charge is -2.14. The van der Waals surface area contributed by atoms with E-state index in [9.17, 15) is 0 Å². The quantitative estimate of drug-likeness (QED) is 0.293. The van der Waals surface area contributed by atoms with Gasteiger partial charge in [0.2, 0.25) is 0 Å². The van der Waals surface area contributed by atoms with Crippen LogP contribution in [0.1, 0.15) is 24.8 Å². The molecule has 126 valence electrons. The molecule has 0 aliphatic heterocycles. The third-order valence-corrected chi connectivity index (χ3v) is 4.56. The summed E-state index contributed by atoms with van der Waals surface area (Å²) in [7, 11) is 1.69. The summed E-state index contributed by atoms with van der Waals surface area (Å²) in [5.74, 6) is 2.52. The molecule has 0 saturated heterocycles. The number of halogens is 1. The van der Waals surface area contributed by atoms with Gasteiger partial charge in [0, 0.05) is 16.7 Å². The standard InChI is InChI=1S/C21H23ClO2/c1-15-6-7-16-13-17-8-9-18(23-2)14-20(17)21(19(16)12-15)24-11-5-3-4-10-22/h6-9,12-14H,3-5,10-11H2,1-2H3. The largest absolute Gasteiger partial charge is 0.497 e. The number of fused-ring (bicyclic) bond motifs is 2. The second-order valence-electron chi connectivity index (χ2n) is 6.12. The summed E-state index contributed by atoms with van der Waals surface area (Å²) in [6.45, 7) is 2.82. The summed E-state index contributed by atoms with van der Waals surface area (Å²) in [5, 5.41) is 4.63. The normalized spacial score (nSPS) is 11.1. The Bertz CT molecular complexity index is 842. The van der Waals surface area contributed by atoms with Crippen LogP contribution in [0.25, 0.3) is 21.5 Å². The van der Waals surface area contributed by atoms with Gasteiger partial charge in [-0.25, -0.2) is 0 Å². The van der Waals surface area contributed by atoms with Crippen LogP contribution in [-0.2, 0) is 0 Å². The van der Waals surface area contributed by atoms with Gasteiger partial charge >= 0.3 is 0 Å². The van der Waals surface area contributed by atoms with Gasteiger partial charge in [-0.2, -0.15) is 0 Å². The molecule has 0 aromatic heterocycles. The van der Waals surface area contributed by atoms with Crippen LogP contribution in [0.5, 0.6) is 11.5 Å². The lowest BCUT2D eigenvalue weighted by atomic mass is 10.0. The maximum atomic E-state index is 6.23. The molecule has 0 aliphatic rings. The summed E-state index contributed by atoms with van der Waals surface area (Å²) in [4.78, 5) is 0. The Morgan fingerprint density at radius 2 is 1.62 bits per heavy atom. The first kappa shape index (κ1) is 16.9. The minimum Gasteiger partial charge on any atom is -0.497 e. The maximum absolute atomic E-state index is 6.23. The van der Waals surface area contributed by atoms with E-state index in [1.54, 1.807) is 7.11 Å². The number of hydrogen-bond acceptors (Lipinski definition) is 2. The molecule has 3 aromatic carbocycles. The van der Waals surface area contributed by atoms with Crippen molar-refractivity contribution in [2.24, 2.45) is 0 Å². The van der Waals surface area contributed by atoms with Crippen LogP contribution in [0.15, 0.2) is 42.5 Å². The molecule has 3 aromatic rings. The molecule has 0 radical (unpaired) electrons. The van der Waals surface area contributed by atoms with E-state index in [1.165, 1.54) is 16.3 Å². The van der Waals surface area contributed by atoms with Crippen LogP contribution in [-0.4, -0.2) is 19.6 Å². The van der Waals surface area contributed by atoms with Gasteiger partial charge in [-0.15, -0.1) is 11.6 Å². The molecule has 0 atom stereocenters. The van der Waals surface area contributed by atoms with Crippen LogP contribution in [0.2, 0.25) is 0 Å². The zero-order valence-corrected chi connectivity index (χ0v) is 15.0. The first-order valence-corrected chi connectivity index (χ1v) is 8.96. The van der Waals surface area contributed by atoms with Crippen molar-refractivity contribution >= 4 is 33.1 Å². The maximum Gasteiger partial charge on any atom is 0.135 e. The van der Waals surface area contributed by atoms with E-state index in [0.717, 1.165) is 41.5 Å². The molecule has 0 unspecified atom stereocenters. The van der Waals surface area contributed by atoms with Gasteiger partial charge < -0.3 is 9.47 Å². The molecule has 0 saturated carbocycles. The highest BCUT2D eigenvalue weighted by molar-refractivity contribution is 6.17. The van der Waals surface area contributed by atoms with Gasteiger partial charge in [0.25, 0.3) is 0 Å². The van der Waals surface area contributed by atoms with Crippen molar-refractivity contribution in [3.8, 4) is 11.5 Å². The highest BCUT2D eigenvalue weighted by Crippen LogP contribution is 2.37. The van der Waals surface area contributed by atoms with Gasteiger partial charge in [0.1, 0.15) is 11.5 Å². The molecule has 3 heteroatoms. The summed E-state index contributed by atoms with van der Waals surface area (Å²) in [6.07, 6.45) is 3.14. The van der Waals surface area contributed by atoms with E-state index >= 15 is 0 Å². The highest BCUT2D eigenvalue weighted by atomic mass is 35.5. The van der Waals surface area contributed by atoms with Crippen molar-refractivity contribution < 1.29 is 9.47 Å². The SMILES string of the molecule is COc1ccc2cc3ccc(C)cc3c(OCCCCCCl)c2c1. The van der Waals surface area contributed by atoms with Gasteiger partial charge in [-0.1, -0.05) is 23.8 Å². The molecule has 0 fully saturated rings. The molecule has 0 spiro atoms. The topological polar surface area (TPSA) is 18.5 Å².